The van der Waals surface area contributed by atoms with E-state index in [-0.39, 0.29) is 17.1 Å². The summed E-state index contributed by atoms with van der Waals surface area (Å²) in [7, 11) is 1.73. The summed E-state index contributed by atoms with van der Waals surface area (Å²) >= 11 is 7.43. The van der Waals surface area contributed by atoms with Crippen molar-refractivity contribution in [3.8, 4) is 0 Å². The number of halogens is 1. The van der Waals surface area contributed by atoms with E-state index in [4.69, 9.17) is 11.6 Å². The smallest absolute Gasteiger partial charge is 0.252 e. The molecule has 0 aromatic carbocycles. The van der Waals surface area contributed by atoms with Gasteiger partial charge in [-0.1, -0.05) is 18.5 Å². The van der Waals surface area contributed by atoms with Crippen molar-refractivity contribution in [1.29, 1.82) is 0 Å². The summed E-state index contributed by atoms with van der Waals surface area (Å²) in [6.45, 7) is 2.00. The first-order valence-corrected chi connectivity index (χ1v) is 7.45. The molecule has 1 unspecified atom stereocenters. The highest BCUT2D eigenvalue weighted by Crippen LogP contribution is 2.20. The number of rotatable bonds is 5. The fourth-order valence-electron chi connectivity index (χ4n) is 1.74. The van der Waals surface area contributed by atoms with Crippen LogP contribution in [0.3, 0.4) is 0 Å². The largest absolute Gasteiger partial charge is 0.373 e. The fraction of sp³-hybridized carbons (Fsp3) is 0.308. The van der Waals surface area contributed by atoms with Crippen molar-refractivity contribution in [2.24, 2.45) is 0 Å². The SMILES string of the molecule is CCC(NC(=O)c1cc(Cl)nc(NC)c1)c1nccs1. The van der Waals surface area contributed by atoms with Crippen molar-refractivity contribution in [2.75, 3.05) is 12.4 Å². The summed E-state index contributed by atoms with van der Waals surface area (Å²) in [5.74, 6) is 0.373. The van der Waals surface area contributed by atoms with Gasteiger partial charge in [0, 0.05) is 24.2 Å². The van der Waals surface area contributed by atoms with E-state index in [1.165, 1.54) is 11.3 Å². The molecule has 2 rings (SSSR count). The van der Waals surface area contributed by atoms with Crippen LogP contribution >= 0.6 is 22.9 Å². The van der Waals surface area contributed by atoms with Crippen LogP contribution in [0.25, 0.3) is 0 Å². The summed E-state index contributed by atoms with van der Waals surface area (Å²) in [6, 6.07) is 3.12. The highest BCUT2D eigenvalue weighted by molar-refractivity contribution is 7.09. The lowest BCUT2D eigenvalue weighted by Gasteiger charge is -2.15. The molecule has 0 radical (unpaired) electrons. The lowest BCUT2D eigenvalue weighted by Crippen LogP contribution is -2.28. The zero-order chi connectivity index (χ0) is 14.5. The van der Waals surface area contributed by atoms with Crippen LogP contribution in [0, 0.1) is 0 Å². The maximum absolute atomic E-state index is 12.3. The monoisotopic (exact) mass is 310 g/mol. The van der Waals surface area contributed by atoms with Crippen LogP contribution in [-0.4, -0.2) is 22.9 Å². The Balaban J connectivity index is 2.17. The van der Waals surface area contributed by atoms with Gasteiger partial charge in [-0.25, -0.2) is 9.97 Å². The van der Waals surface area contributed by atoms with Gasteiger partial charge in [-0.05, 0) is 18.6 Å². The van der Waals surface area contributed by atoms with Gasteiger partial charge >= 0.3 is 0 Å². The van der Waals surface area contributed by atoms with Crippen molar-refractivity contribution >= 4 is 34.7 Å². The molecule has 106 valence electrons. The first-order valence-electron chi connectivity index (χ1n) is 6.19. The lowest BCUT2D eigenvalue weighted by molar-refractivity contribution is 0.0935. The van der Waals surface area contributed by atoms with E-state index >= 15 is 0 Å². The van der Waals surface area contributed by atoms with E-state index in [9.17, 15) is 4.79 Å². The molecule has 0 saturated carbocycles. The number of amides is 1. The number of aromatic nitrogens is 2. The van der Waals surface area contributed by atoms with E-state index in [0.717, 1.165) is 11.4 Å². The average Bonchev–Trinajstić information content (AvgIpc) is 2.97. The summed E-state index contributed by atoms with van der Waals surface area (Å²) < 4.78 is 0. The zero-order valence-electron chi connectivity index (χ0n) is 11.2. The Bertz CT molecular complexity index is 588. The van der Waals surface area contributed by atoms with Crippen molar-refractivity contribution in [3.05, 3.63) is 39.4 Å². The van der Waals surface area contributed by atoms with Crippen molar-refractivity contribution < 1.29 is 4.79 Å². The topological polar surface area (TPSA) is 66.9 Å². The van der Waals surface area contributed by atoms with Crippen LogP contribution in [-0.2, 0) is 0 Å². The molecule has 20 heavy (non-hydrogen) atoms. The molecule has 0 spiro atoms. The molecule has 0 fully saturated rings. The Kier molecular flexibility index (Phi) is 4.92. The molecule has 5 nitrogen and oxygen atoms in total. The third-order valence-electron chi connectivity index (χ3n) is 2.78. The average molecular weight is 311 g/mol. The minimum Gasteiger partial charge on any atom is -0.373 e. The molecule has 2 heterocycles. The van der Waals surface area contributed by atoms with Gasteiger partial charge in [-0.2, -0.15) is 0 Å². The fourth-order valence-corrected chi connectivity index (χ4v) is 2.72. The maximum atomic E-state index is 12.3. The van der Waals surface area contributed by atoms with Crippen LogP contribution in [0.15, 0.2) is 23.7 Å². The second-order valence-electron chi connectivity index (χ2n) is 4.12. The van der Waals surface area contributed by atoms with Crippen molar-refractivity contribution in [3.63, 3.8) is 0 Å². The minimum atomic E-state index is -0.187. The van der Waals surface area contributed by atoms with Crippen molar-refractivity contribution in [1.82, 2.24) is 15.3 Å². The predicted molar refractivity (Wildman–Crippen MR) is 81.4 cm³/mol. The number of nitrogens with zero attached hydrogens (tertiary/aromatic N) is 2. The molecule has 1 atom stereocenters. The number of hydrogen-bond donors (Lipinski definition) is 2. The van der Waals surface area contributed by atoms with E-state index in [2.05, 4.69) is 20.6 Å². The number of pyridine rings is 1. The van der Waals surface area contributed by atoms with Gasteiger partial charge < -0.3 is 10.6 Å². The van der Waals surface area contributed by atoms with E-state index in [0.29, 0.717) is 11.4 Å². The molecule has 0 aliphatic heterocycles. The summed E-state index contributed by atoms with van der Waals surface area (Å²) in [5, 5.41) is 8.91. The number of hydrogen-bond acceptors (Lipinski definition) is 5. The Morgan fingerprint density at radius 2 is 2.30 bits per heavy atom. The van der Waals surface area contributed by atoms with Gasteiger partial charge in [-0.3, -0.25) is 4.79 Å². The van der Waals surface area contributed by atoms with Gasteiger partial charge in [0.1, 0.15) is 16.0 Å². The molecular weight excluding hydrogens is 296 g/mol. The zero-order valence-corrected chi connectivity index (χ0v) is 12.8. The maximum Gasteiger partial charge on any atom is 0.252 e. The molecule has 1 amide bonds. The number of carbonyl (C=O) groups is 1. The summed E-state index contributed by atoms with van der Waals surface area (Å²) in [5.41, 5.74) is 0.476. The first-order chi connectivity index (χ1) is 9.63. The van der Waals surface area contributed by atoms with E-state index in [1.807, 2.05) is 12.3 Å². The van der Waals surface area contributed by atoms with Gasteiger partial charge in [-0.15, -0.1) is 11.3 Å². The lowest BCUT2D eigenvalue weighted by atomic mass is 10.2. The predicted octanol–water partition coefficient (Wildman–Crippen LogP) is 3.11. The van der Waals surface area contributed by atoms with Crippen LogP contribution in [0.5, 0.6) is 0 Å². The number of anilines is 1. The molecule has 0 aliphatic carbocycles. The normalized spacial score (nSPS) is 11.9. The standard InChI is InChI=1S/C13H15ClN4OS/c1-3-9(13-16-4-5-20-13)17-12(19)8-6-10(14)18-11(7-8)15-2/h4-7,9H,3H2,1-2H3,(H,15,18)(H,17,19). The van der Waals surface area contributed by atoms with Crippen LogP contribution in [0.2, 0.25) is 5.15 Å². The molecule has 2 aromatic rings. The Morgan fingerprint density at radius 1 is 1.50 bits per heavy atom. The Hall–Kier alpha value is -1.66. The van der Waals surface area contributed by atoms with Gasteiger partial charge in [0.15, 0.2) is 0 Å². The van der Waals surface area contributed by atoms with Gasteiger partial charge in [0.2, 0.25) is 0 Å². The van der Waals surface area contributed by atoms with Crippen LogP contribution < -0.4 is 10.6 Å². The number of nitrogens with one attached hydrogen (secondary N) is 2. The van der Waals surface area contributed by atoms with Crippen molar-refractivity contribution in [2.45, 2.75) is 19.4 Å². The van der Waals surface area contributed by atoms with E-state index < -0.39 is 0 Å². The van der Waals surface area contributed by atoms with Crippen LogP contribution in [0.1, 0.15) is 34.8 Å². The molecular formula is C13H15ClN4OS. The summed E-state index contributed by atoms with van der Waals surface area (Å²) in [6.07, 6.45) is 2.51. The minimum absolute atomic E-state index is 0.0903. The number of thiazole rings is 1. The molecule has 7 heteroatoms. The Labute approximate surface area is 126 Å². The number of carbonyl (C=O) groups excluding carboxylic acids is 1. The molecule has 0 bridgehead atoms. The van der Waals surface area contributed by atoms with E-state index in [1.54, 1.807) is 25.4 Å². The highest BCUT2D eigenvalue weighted by atomic mass is 35.5. The van der Waals surface area contributed by atoms with Gasteiger partial charge in [0.25, 0.3) is 5.91 Å². The van der Waals surface area contributed by atoms with Crippen LogP contribution in [0.4, 0.5) is 5.82 Å². The third kappa shape index (κ3) is 3.46. The second-order valence-corrected chi connectivity index (χ2v) is 5.43. The highest BCUT2D eigenvalue weighted by Gasteiger charge is 2.17. The summed E-state index contributed by atoms with van der Waals surface area (Å²) in [4.78, 5) is 20.6. The quantitative estimate of drug-likeness (QED) is 0.833. The van der Waals surface area contributed by atoms with Gasteiger partial charge in [0.05, 0.1) is 6.04 Å². The molecule has 2 aromatic heterocycles. The molecule has 2 N–H and O–H groups in total. The third-order valence-corrected chi connectivity index (χ3v) is 3.86. The first kappa shape index (κ1) is 14.7. The Morgan fingerprint density at radius 3 is 2.90 bits per heavy atom. The second kappa shape index (κ2) is 6.67. The molecule has 0 aliphatic rings. The molecule has 0 saturated heterocycles.